The Labute approximate surface area is 157 Å². The highest BCUT2D eigenvalue weighted by atomic mass is 79.9. The van der Waals surface area contributed by atoms with Crippen molar-refractivity contribution in [2.45, 2.75) is 0 Å². The van der Waals surface area contributed by atoms with Crippen molar-refractivity contribution < 1.29 is 9.59 Å². The molecule has 26 heavy (non-hydrogen) atoms. The van der Waals surface area contributed by atoms with Crippen LogP contribution in [-0.2, 0) is 0 Å². The molecule has 0 atom stereocenters. The molecule has 1 aromatic heterocycles. The first-order valence-corrected chi connectivity index (χ1v) is 8.74. The molecule has 5 nitrogen and oxygen atoms in total. The van der Waals surface area contributed by atoms with E-state index in [2.05, 4.69) is 21.4 Å². The summed E-state index contributed by atoms with van der Waals surface area (Å²) in [6.45, 7) is 0. The number of amides is 1. The van der Waals surface area contributed by atoms with E-state index in [-0.39, 0.29) is 5.91 Å². The summed E-state index contributed by atoms with van der Waals surface area (Å²) in [4.78, 5) is 25.4. The molecule has 128 valence electrons. The highest BCUT2D eigenvalue weighted by Crippen LogP contribution is 2.28. The fourth-order valence-corrected chi connectivity index (χ4v) is 3.69. The number of rotatable bonds is 2. The molecule has 0 bridgehead atoms. The summed E-state index contributed by atoms with van der Waals surface area (Å²) in [6, 6.07) is 18.6. The molecular weight excluding hydrogens is 394 g/mol. The first kappa shape index (κ1) is 16.5. The van der Waals surface area contributed by atoms with Crippen molar-refractivity contribution in [1.29, 1.82) is 0 Å². The minimum atomic E-state index is -0.437. The number of nitrogens with zero attached hydrogens (tertiary/aromatic N) is 1. The van der Waals surface area contributed by atoms with Gasteiger partial charge in [-0.2, -0.15) is 0 Å². The minimum Gasteiger partial charge on any atom is -0.290 e. The summed E-state index contributed by atoms with van der Waals surface area (Å²) < 4.78 is 2.42. The van der Waals surface area contributed by atoms with Crippen molar-refractivity contribution in [3.63, 3.8) is 0 Å². The molecule has 0 spiro atoms. The number of fused-ring (bicyclic) bond motifs is 2. The Morgan fingerprint density at radius 2 is 1.54 bits per heavy atom. The zero-order valence-corrected chi connectivity index (χ0v) is 15.2. The molecule has 0 unspecified atom stereocenters. The van der Waals surface area contributed by atoms with Crippen LogP contribution in [-0.4, -0.2) is 16.4 Å². The van der Waals surface area contributed by atoms with Crippen LogP contribution in [0.4, 0.5) is 0 Å². The van der Waals surface area contributed by atoms with E-state index in [1.165, 1.54) is 10.8 Å². The summed E-state index contributed by atoms with van der Waals surface area (Å²) in [5, 5.41) is 2.47. The van der Waals surface area contributed by atoms with Gasteiger partial charge in [-0.05, 0) is 29.0 Å². The third-order valence-electron chi connectivity index (χ3n) is 4.41. The monoisotopic (exact) mass is 407 g/mol. The van der Waals surface area contributed by atoms with Gasteiger partial charge in [0.25, 0.3) is 11.8 Å². The summed E-state index contributed by atoms with van der Waals surface area (Å²) in [6.07, 6.45) is 1.53. The van der Waals surface area contributed by atoms with Crippen molar-refractivity contribution in [3.8, 4) is 0 Å². The zero-order chi connectivity index (χ0) is 18.3. The Bertz CT molecular complexity index is 1180. The van der Waals surface area contributed by atoms with E-state index < -0.39 is 5.91 Å². The Morgan fingerprint density at radius 3 is 2.35 bits per heavy atom. The lowest BCUT2D eigenvalue weighted by molar-refractivity contribution is 0.0955. The van der Waals surface area contributed by atoms with Crippen LogP contribution in [0.25, 0.3) is 21.7 Å². The second-order valence-corrected chi connectivity index (χ2v) is 6.70. The molecule has 1 amide bonds. The first-order valence-electron chi connectivity index (χ1n) is 7.95. The second-order valence-electron chi connectivity index (χ2n) is 5.85. The number of hydrazine groups is 1. The number of hydrogen-bond acceptors (Lipinski definition) is 3. The number of carbonyl (C=O) groups excluding carboxylic acids is 2. The normalized spacial score (nSPS) is 11.0. The summed E-state index contributed by atoms with van der Waals surface area (Å²) in [5.74, 6) is 4.64. The van der Waals surface area contributed by atoms with Crippen LogP contribution in [0.3, 0.4) is 0 Å². The van der Waals surface area contributed by atoms with Crippen molar-refractivity contribution in [2.75, 3.05) is 0 Å². The van der Waals surface area contributed by atoms with Crippen LogP contribution in [0.15, 0.2) is 71.3 Å². The SMILES string of the molecule is NNC(=O)c1cn(C(=O)c2cccc3c(Br)cccc23)c2ccccc12. The van der Waals surface area contributed by atoms with Gasteiger partial charge in [-0.15, -0.1) is 0 Å². The lowest BCUT2D eigenvalue weighted by atomic mass is 10.0. The molecule has 0 aliphatic rings. The number of benzene rings is 3. The van der Waals surface area contributed by atoms with Gasteiger partial charge in [0.05, 0.1) is 11.1 Å². The molecule has 6 heteroatoms. The minimum absolute atomic E-state index is 0.207. The van der Waals surface area contributed by atoms with Crippen LogP contribution in [0.2, 0.25) is 0 Å². The van der Waals surface area contributed by atoms with Crippen LogP contribution >= 0.6 is 15.9 Å². The lowest BCUT2D eigenvalue weighted by Gasteiger charge is -2.09. The summed E-state index contributed by atoms with van der Waals surface area (Å²) in [5.41, 5.74) is 3.71. The molecular formula is C20H14BrN3O2. The molecule has 4 aromatic rings. The third-order valence-corrected chi connectivity index (χ3v) is 5.10. The molecule has 3 N–H and O–H groups in total. The molecule has 0 saturated heterocycles. The number of halogens is 1. The highest BCUT2D eigenvalue weighted by molar-refractivity contribution is 9.10. The average molecular weight is 408 g/mol. The van der Waals surface area contributed by atoms with Crippen molar-refractivity contribution in [3.05, 3.63) is 82.5 Å². The molecule has 0 radical (unpaired) electrons. The Hall–Kier alpha value is -2.96. The topological polar surface area (TPSA) is 77.1 Å². The fraction of sp³-hybridized carbons (Fsp3) is 0. The van der Waals surface area contributed by atoms with E-state index in [1.807, 2.05) is 48.5 Å². The molecule has 0 saturated carbocycles. The quantitative estimate of drug-likeness (QED) is 0.301. The van der Waals surface area contributed by atoms with Gasteiger partial charge >= 0.3 is 0 Å². The van der Waals surface area contributed by atoms with E-state index in [0.29, 0.717) is 22.0 Å². The van der Waals surface area contributed by atoms with Gasteiger partial charge in [0.15, 0.2) is 0 Å². The Kier molecular flexibility index (Phi) is 4.06. The maximum Gasteiger partial charge on any atom is 0.267 e. The van der Waals surface area contributed by atoms with E-state index in [1.54, 1.807) is 12.1 Å². The standard InChI is InChI=1S/C20H14BrN3O2/c21-17-9-4-6-12-13(17)7-3-8-15(12)20(26)24-11-16(19(25)23-22)14-5-1-2-10-18(14)24/h1-11H,22H2,(H,23,25). The lowest BCUT2D eigenvalue weighted by Crippen LogP contribution is -2.29. The molecule has 3 aromatic carbocycles. The molecule has 4 rings (SSSR count). The number of aromatic nitrogens is 1. The van der Waals surface area contributed by atoms with Crippen molar-refractivity contribution in [1.82, 2.24) is 9.99 Å². The third kappa shape index (κ3) is 2.51. The predicted molar refractivity (Wildman–Crippen MR) is 105 cm³/mol. The second kappa shape index (κ2) is 6.40. The molecule has 0 aliphatic carbocycles. The average Bonchev–Trinajstić information content (AvgIpc) is 3.06. The molecule has 1 heterocycles. The van der Waals surface area contributed by atoms with Gasteiger partial charge in [0, 0.05) is 21.6 Å². The predicted octanol–water partition coefficient (Wildman–Crippen LogP) is 3.85. The van der Waals surface area contributed by atoms with E-state index >= 15 is 0 Å². The maximum atomic E-state index is 13.3. The smallest absolute Gasteiger partial charge is 0.267 e. The van der Waals surface area contributed by atoms with Crippen LogP contribution in [0.1, 0.15) is 20.7 Å². The zero-order valence-electron chi connectivity index (χ0n) is 13.6. The van der Waals surface area contributed by atoms with Gasteiger partial charge in [-0.1, -0.05) is 58.4 Å². The van der Waals surface area contributed by atoms with Gasteiger partial charge in [-0.3, -0.25) is 19.6 Å². The number of carbonyl (C=O) groups is 2. The van der Waals surface area contributed by atoms with E-state index in [4.69, 9.17) is 5.84 Å². The number of nitrogens with one attached hydrogen (secondary N) is 1. The largest absolute Gasteiger partial charge is 0.290 e. The van der Waals surface area contributed by atoms with Gasteiger partial charge in [0.2, 0.25) is 0 Å². The van der Waals surface area contributed by atoms with Crippen LogP contribution in [0.5, 0.6) is 0 Å². The highest BCUT2D eigenvalue weighted by Gasteiger charge is 2.20. The molecule has 0 fully saturated rings. The Balaban J connectivity index is 1.96. The van der Waals surface area contributed by atoms with Crippen LogP contribution in [0, 0.1) is 0 Å². The van der Waals surface area contributed by atoms with Crippen molar-refractivity contribution in [2.24, 2.45) is 5.84 Å². The summed E-state index contributed by atoms with van der Waals surface area (Å²) in [7, 11) is 0. The number of hydrogen-bond donors (Lipinski definition) is 2. The Morgan fingerprint density at radius 1 is 0.846 bits per heavy atom. The first-order chi connectivity index (χ1) is 12.6. The van der Waals surface area contributed by atoms with Gasteiger partial charge < -0.3 is 0 Å². The number of nitrogens with two attached hydrogens (primary N) is 1. The van der Waals surface area contributed by atoms with E-state index in [0.717, 1.165) is 15.2 Å². The summed E-state index contributed by atoms with van der Waals surface area (Å²) >= 11 is 3.52. The van der Waals surface area contributed by atoms with Crippen molar-refractivity contribution >= 4 is 49.4 Å². The van der Waals surface area contributed by atoms with Gasteiger partial charge in [-0.25, -0.2) is 5.84 Å². The van der Waals surface area contributed by atoms with E-state index in [9.17, 15) is 9.59 Å². The maximum absolute atomic E-state index is 13.3. The number of nitrogen functional groups attached to an aromatic ring is 1. The molecule has 0 aliphatic heterocycles. The number of para-hydroxylation sites is 1. The van der Waals surface area contributed by atoms with Gasteiger partial charge in [0.1, 0.15) is 0 Å². The fourth-order valence-electron chi connectivity index (χ4n) is 3.19. The van der Waals surface area contributed by atoms with Crippen LogP contribution < -0.4 is 11.3 Å².